The maximum atomic E-state index is 14.1. The second-order valence-electron chi connectivity index (χ2n) is 5.28. The highest BCUT2D eigenvalue weighted by molar-refractivity contribution is 6.30. The Morgan fingerprint density at radius 2 is 1.83 bits per heavy atom. The van der Waals surface area contributed by atoms with E-state index in [0.717, 1.165) is 12.1 Å². The van der Waals surface area contributed by atoms with Gasteiger partial charge in [-0.15, -0.1) is 12.4 Å². The summed E-state index contributed by atoms with van der Waals surface area (Å²) in [6, 6.07) is 11.6. The third kappa shape index (κ3) is 4.74. The molecule has 2 aromatic rings. The fraction of sp³-hybridized carbons (Fsp3) is 0.294. The van der Waals surface area contributed by atoms with Crippen LogP contribution in [-0.2, 0) is 4.74 Å². The van der Waals surface area contributed by atoms with Gasteiger partial charge < -0.3 is 14.8 Å². The van der Waals surface area contributed by atoms with E-state index in [1.54, 1.807) is 18.2 Å². The smallest absolute Gasteiger partial charge is 0.166 e. The van der Waals surface area contributed by atoms with Gasteiger partial charge in [-0.3, -0.25) is 0 Å². The predicted octanol–water partition coefficient (Wildman–Crippen LogP) is 4.66. The van der Waals surface area contributed by atoms with Gasteiger partial charge in [-0.05, 0) is 35.9 Å². The Morgan fingerprint density at radius 1 is 1.12 bits per heavy atom. The van der Waals surface area contributed by atoms with Crippen molar-refractivity contribution in [2.45, 2.75) is 12.2 Å². The summed E-state index contributed by atoms with van der Waals surface area (Å²) < 4.78 is 25.8. The molecular formula is C17H17Cl3FNO2. The van der Waals surface area contributed by atoms with Gasteiger partial charge in [0.1, 0.15) is 6.10 Å². The van der Waals surface area contributed by atoms with Crippen molar-refractivity contribution < 1.29 is 13.9 Å². The zero-order valence-corrected chi connectivity index (χ0v) is 15.0. The molecule has 3 nitrogen and oxygen atoms in total. The number of ether oxygens (including phenoxy) is 2. The van der Waals surface area contributed by atoms with E-state index in [1.807, 2.05) is 12.1 Å². The van der Waals surface area contributed by atoms with Crippen molar-refractivity contribution in [3.05, 3.63) is 63.9 Å². The van der Waals surface area contributed by atoms with E-state index in [4.69, 9.17) is 32.7 Å². The molecule has 1 fully saturated rings. The Bertz CT molecular complexity index is 663. The van der Waals surface area contributed by atoms with Crippen LogP contribution in [0.15, 0.2) is 42.5 Å². The molecule has 1 aliphatic heterocycles. The summed E-state index contributed by atoms with van der Waals surface area (Å²) in [6.45, 7) is 2.00. The van der Waals surface area contributed by atoms with Crippen LogP contribution in [0.2, 0.25) is 10.0 Å². The Morgan fingerprint density at radius 3 is 2.46 bits per heavy atom. The highest BCUT2D eigenvalue weighted by Gasteiger charge is 2.28. The summed E-state index contributed by atoms with van der Waals surface area (Å²) in [7, 11) is 0. The summed E-state index contributed by atoms with van der Waals surface area (Å²) in [5.74, 6) is -0.358. The first-order valence-electron chi connectivity index (χ1n) is 7.33. The van der Waals surface area contributed by atoms with Crippen molar-refractivity contribution in [3.63, 3.8) is 0 Å². The van der Waals surface area contributed by atoms with Crippen LogP contribution < -0.4 is 10.1 Å². The number of benzene rings is 2. The molecular weight excluding hydrogens is 376 g/mol. The topological polar surface area (TPSA) is 30.5 Å². The van der Waals surface area contributed by atoms with Crippen molar-refractivity contribution in [2.24, 2.45) is 0 Å². The lowest BCUT2D eigenvalue weighted by Crippen LogP contribution is -2.43. The molecule has 1 saturated heterocycles. The van der Waals surface area contributed by atoms with Crippen LogP contribution in [-0.4, -0.2) is 25.8 Å². The quantitative estimate of drug-likeness (QED) is 0.820. The van der Waals surface area contributed by atoms with Crippen LogP contribution in [0, 0.1) is 5.82 Å². The lowest BCUT2D eigenvalue weighted by atomic mass is 10.0. The Balaban J connectivity index is 0.00000208. The number of morpholine rings is 1. The van der Waals surface area contributed by atoms with Gasteiger partial charge >= 0.3 is 0 Å². The summed E-state index contributed by atoms with van der Waals surface area (Å²) in [6.07, 6.45) is -0.671. The van der Waals surface area contributed by atoms with Crippen LogP contribution in [0.3, 0.4) is 0 Å². The van der Waals surface area contributed by atoms with Gasteiger partial charge in [-0.1, -0.05) is 35.3 Å². The molecule has 1 heterocycles. The summed E-state index contributed by atoms with van der Waals surface area (Å²) >= 11 is 11.7. The zero-order valence-electron chi connectivity index (χ0n) is 12.7. The lowest BCUT2D eigenvalue weighted by molar-refractivity contribution is -0.0442. The summed E-state index contributed by atoms with van der Waals surface area (Å²) in [5, 5.41) is 4.22. The fourth-order valence-corrected chi connectivity index (χ4v) is 2.78. The third-order valence-electron chi connectivity index (χ3n) is 3.64. The number of nitrogens with one attached hydrogen (secondary N) is 1. The molecule has 2 atom stereocenters. The molecule has 0 aromatic heterocycles. The van der Waals surface area contributed by atoms with Gasteiger partial charge in [0.05, 0.1) is 6.61 Å². The van der Waals surface area contributed by atoms with Gasteiger partial charge in [0.15, 0.2) is 17.7 Å². The average molecular weight is 393 g/mol. The molecule has 130 valence electrons. The van der Waals surface area contributed by atoms with Crippen molar-refractivity contribution >= 4 is 35.6 Å². The molecule has 0 aliphatic carbocycles. The van der Waals surface area contributed by atoms with Crippen LogP contribution in [0.1, 0.15) is 11.7 Å². The Kier molecular flexibility index (Phi) is 7.14. The molecule has 2 aromatic carbocycles. The normalized spacial score (nSPS) is 18.5. The third-order valence-corrected chi connectivity index (χ3v) is 4.13. The van der Waals surface area contributed by atoms with Crippen molar-refractivity contribution in [2.75, 3.05) is 19.7 Å². The van der Waals surface area contributed by atoms with E-state index in [2.05, 4.69) is 5.32 Å². The maximum Gasteiger partial charge on any atom is 0.166 e. The standard InChI is InChI=1S/C17H16Cl2FNO2.ClH/c18-12-3-1-11(2-4-12)17(16-10-21-7-8-22-16)23-15-6-5-13(19)9-14(15)20;/h1-6,9,16-17,21H,7-8,10H2;1H/t16-,17-;/m0./s1. The van der Waals surface area contributed by atoms with E-state index in [-0.39, 0.29) is 24.3 Å². The van der Waals surface area contributed by atoms with Crippen molar-refractivity contribution in [1.82, 2.24) is 5.32 Å². The second kappa shape index (κ2) is 8.88. The first-order valence-corrected chi connectivity index (χ1v) is 8.08. The molecule has 0 unspecified atom stereocenters. The average Bonchev–Trinajstić information content (AvgIpc) is 2.56. The summed E-state index contributed by atoms with van der Waals surface area (Å²) in [5.41, 5.74) is 0.873. The van der Waals surface area contributed by atoms with Crippen LogP contribution in [0.25, 0.3) is 0 Å². The number of halogens is 4. The molecule has 0 spiro atoms. The molecule has 7 heteroatoms. The van der Waals surface area contributed by atoms with E-state index in [9.17, 15) is 4.39 Å². The molecule has 1 aliphatic rings. The fourth-order valence-electron chi connectivity index (χ4n) is 2.50. The van der Waals surface area contributed by atoms with E-state index in [1.165, 1.54) is 12.1 Å². The van der Waals surface area contributed by atoms with E-state index in [0.29, 0.717) is 23.2 Å². The van der Waals surface area contributed by atoms with Gasteiger partial charge in [-0.25, -0.2) is 4.39 Å². The first-order chi connectivity index (χ1) is 11.1. The molecule has 0 bridgehead atoms. The molecule has 0 saturated carbocycles. The van der Waals surface area contributed by atoms with Crippen LogP contribution >= 0.6 is 35.6 Å². The van der Waals surface area contributed by atoms with Gasteiger partial charge in [0.25, 0.3) is 0 Å². The molecule has 1 N–H and O–H groups in total. The Hall–Kier alpha value is -1.04. The molecule has 3 rings (SSSR count). The number of hydrogen-bond acceptors (Lipinski definition) is 3. The van der Waals surface area contributed by atoms with Gasteiger partial charge in [0, 0.05) is 23.1 Å². The number of hydrogen-bond donors (Lipinski definition) is 1. The van der Waals surface area contributed by atoms with Gasteiger partial charge in [0.2, 0.25) is 0 Å². The van der Waals surface area contributed by atoms with Gasteiger partial charge in [-0.2, -0.15) is 0 Å². The monoisotopic (exact) mass is 391 g/mol. The lowest BCUT2D eigenvalue weighted by Gasteiger charge is -2.31. The highest BCUT2D eigenvalue weighted by Crippen LogP contribution is 2.30. The van der Waals surface area contributed by atoms with E-state index < -0.39 is 11.9 Å². The summed E-state index contributed by atoms with van der Waals surface area (Å²) in [4.78, 5) is 0. The maximum absolute atomic E-state index is 14.1. The molecule has 24 heavy (non-hydrogen) atoms. The minimum absolute atomic E-state index is 0. The largest absolute Gasteiger partial charge is 0.480 e. The van der Waals surface area contributed by atoms with Crippen LogP contribution in [0.5, 0.6) is 5.75 Å². The van der Waals surface area contributed by atoms with Crippen LogP contribution in [0.4, 0.5) is 4.39 Å². The van der Waals surface area contributed by atoms with Crippen molar-refractivity contribution in [3.8, 4) is 5.75 Å². The molecule has 0 amide bonds. The minimum atomic E-state index is -0.500. The second-order valence-corrected chi connectivity index (χ2v) is 6.15. The number of rotatable bonds is 4. The molecule has 0 radical (unpaired) electrons. The Labute approximate surface area is 156 Å². The predicted molar refractivity (Wildman–Crippen MR) is 96.1 cm³/mol. The SMILES string of the molecule is Cl.Fc1cc(Cl)ccc1O[C@@H](c1ccc(Cl)cc1)[C@@H]1CNCCO1. The first kappa shape index (κ1) is 19.3. The highest BCUT2D eigenvalue weighted by atomic mass is 35.5. The van der Waals surface area contributed by atoms with Crippen molar-refractivity contribution in [1.29, 1.82) is 0 Å². The van der Waals surface area contributed by atoms with E-state index >= 15 is 0 Å². The minimum Gasteiger partial charge on any atom is -0.480 e. The zero-order chi connectivity index (χ0) is 16.2.